The van der Waals surface area contributed by atoms with Crippen LogP contribution in [0.2, 0.25) is 0 Å². The van der Waals surface area contributed by atoms with Crippen molar-refractivity contribution < 1.29 is 0 Å². The van der Waals surface area contributed by atoms with Crippen molar-refractivity contribution in [2.24, 2.45) is 5.92 Å². The highest BCUT2D eigenvalue weighted by Crippen LogP contribution is 2.23. The van der Waals surface area contributed by atoms with Gasteiger partial charge in [0.1, 0.15) is 0 Å². The number of piperidine rings is 1. The normalized spacial score (nSPS) is 29.4. The Kier molecular flexibility index (Phi) is 6.11. The Bertz CT molecular complexity index is 149. The van der Waals surface area contributed by atoms with Crippen LogP contribution in [0, 0.1) is 5.92 Å². The van der Waals surface area contributed by atoms with Crippen molar-refractivity contribution in [3.63, 3.8) is 0 Å². The fraction of sp³-hybridized carbons (Fsp3) is 1.00. The summed E-state index contributed by atoms with van der Waals surface area (Å²) in [5, 5.41) is 0. The quantitative estimate of drug-likeness (QED) is 0.539. The average Bonchev–Trinajstić information content (AvgIpc) is 2.18. The van der Waals surface area contributed by atoms with Gasteiger partial charge in [0.2, 0.25) is 0 Å². The second kappa shape index (κ2) is 6.84. The number of hydrogen-bond donors (Lipinski definition) is 0. The van der Waals surface area contributed by atoms with Crippen molar-refractivity contribution in [1.29, 1.82) is 0 Å². The van der Waals surface area contributed by atoms with Crippen LogP contribution in [0.5, 0.6) is 0 Å². The molecule has 0 saturated carbocycles. The van der Waals surface area contributed by atoms with Crippen molar-refractivity contribution in [3.8, 4) is 0 Å². The molecule has 1 rings (SSSR count). The Balaban J connectivity index is 2.07. The van der Waals surface area contributed by atoms with Crippen LogP contribution in [0.3, 0.4) is 0 Å². The fourth-order valence-electron chi connectivity index (χ4n) is 2.17. The van der Waals surface area contributed by atoms with Gasteiger partial charge >= 0.3 is 0 Å². The lowest BCUT2D eigenvalue weighted by atomic mass is 10.00. The van der Waals surface area contributed by atoms with Gasteiger partial charge < -0.3 is 4.90 Å². The second-order valence-electron chi connectivity index (χ2n) is 4.64. The summed E-state index contributed by atoms with van der Waals surface area (Å²) in [5.74, 6) is 0.829. The number of hydrogen-bond acceptors (Lipinski definition) is 1. The van der Waals surface area contributed by atoms with E-state index in [4.69, 9.17) is 0 Å². The zero-order valence-electron chi connectivity index (χ0n) is 9.64. The molecule has 0 aliphatic carbocycles. The molecule has 1 aliphatic rings. The Morgan fingerprint density at radius 2 is 2.07 bits per heavy atom. The lowest BCUT2D eigenvalue weighted by molar-refractivity contribution is 0.187. The minimum Gasteiger partial charge on any atom is -0.303 e. The molecule has 0 amide bonds. The first-order valence-electron chi connectivity index (χ1n) is 6.10. The molecule has 1 fully saturated rings. The molecule has 84 valence electrons. The fourth-order valence-corrected chi connectivity index (χ4v) is 2.54. The highest BCUT2D eigenvalue weighted by Gasteiger charge is 2.22. The van der Waals surface area contributed by atoms with E-state index in [0.29, 0.717) is 0 Å². The predicted molar refractivity (Wildman–Crippen MR) is 67.1 cm³/mol. The molecule has 0 aromatic carbocycles. The monoisotopic (exact) mass is 261 g/mol. The standard InChI is InChI=1S/C12H24BrN/c1-3-4-5-6-8-14-9-7-12(13)11(2)10-14/h11-12H,3-10H2,1-2H3. The van der Waals surface area contributed by atoms with Gasteiger partial charge in [-0.3, -0.25) is 0 Å². The van der Waals surface area contributed by atoms with Crippen LogP contribution in [0.1, 0.15) is 46.0 Å². The zero-order valence-corrected chi connectivity index (χ0v) is 11.2. The third-order valence-corrected chi connectivity index (χ3v) is 4.57. The van der Waals surface area contributed by atoms with Crippen molar-refractivity contribution in [1.82, 2.24) is 4.90 Å². The van der Waals surface area contributed by atoms with Gasteiger partial charge in [-0.1, -0.05) is 49.0 Å². The Morgan fingerprint density at radius 3 is 2.71 bits per heavy atom. The molecule has 0 spiro atoms. The summed E-state index contributed by atoms with van der Waals surface area (Å²) in [7, 11) is 0. The summed E-state index contributed by atoms with van der Waals surface area (Å²) in [6.45, 7) is 8.55. The minimum atomic E-state index is 0.759. The van der Waals surface area contributed by atoms with Crippen LogP contribution in [-0.4, -0.2) is 29.4 Å². The third kappa shape index (κ3) is 4.31. The van der Waals surface area contributed by atoms with Gasteiger partial charge in [-0.25, -0.2) is 0 Å². The van der Waals surface area contributed by atoms with E-state index in [1.165, 1.54) is 51.7 Å². The van der Waals surface area contributed by atoms with E-state index in [-0.39, 0.29) is 0 Å². The molecule has 0 bridgehead atoms. The van der Waals surface area contributed by atoms with E-state index >= 15 is 0 Å². The Hall–Kier alpha value is 0.440. The molecule has 1 saturated heterocycles. The number of nitrogens with zero attached hydrogens (tertiary/aromatic N) is 1. The minimum absolute atomic E-state index is 0.759. The molecule has 2 atom stereocenters. The number of halogens is 1. The van der Waals surface area contributed by atoms with Crippen LogP contribution in [0.15, 0.2) is 0 Å². The van der Waals surface area contributed by atoms with Crippen molar-refractivity contribution in [2.75, 3.05) is 19.6 Å². The van der Waals surface area contributed by atoms with E-state index < -0.39 is 0 Å². The maximum atomic E-state index is 3.75. The maximum Gasteiger partial charge on any atom is 0.0195 e. The van der Waals surface area contributed by atoms with Gasteiger partial charge in [-0.2, -0.15) is 0 Å². The van der Waals surface area contributed by atoms with Crippen LogP contribution in [-0.2, 0) is 0 Å². The molecule has 14 heavy (non-hydrogen) atoms. The zero-order chi connectivity index (χ0) is 10.4. The molecule has 0 N–H and O–H groups in total. The summed E-state index contributed by atoms with van der Waals surface area (Å²) in [4.78, 5) is 3.40. The summed E-state index contributed by atoms with van der Waals surface area (Å²) < 4.78 is 0. The molecular weight excluding hydrogens is 238 g/mol. The Labute approximate surface area is 97.4 Å². The lowest BCUT2D eigenvalue weighted by Crippen LogP contribution is -2.40. The maximum absolute atomic E-state index is 3.75. The summed E-state index contributed by atoms with van der Waals surface area (Å²) in [6, 6.07) is 0. The number of alkyl halides is 1. The topological polar surface area (TPSA) is 3.24 Å². The molecule has 0 radical (unpaired) electrons. The first kappa shape index (κ1) is 12.5. The average molecular weight is 262 g/mol. The predicted octanol–water partition coefficient (Wildman–Crippen LogP) is 3.67. The van der Waals surface area contributed by atoms with Gasteiger partial charge in [-0.15, -0.1) is 0 Å². The molecule has 2 unspecified atom stereocenters. The van der Waals surface area contributed by atoms with E-state index in [9.17, 15) is 0 Å². The molecule has 1 heterocycles. The van der Waals surface area contributed by atoms with Gasteiger partial charge in [0.15, 0.2) is 0 Å². The van der Waals surface area contributed by atoms with Crippen LogP contribution >= 0.6 is 15.9 Å². The van der Waals surface area contributed by atoms with Gasteiger partial charge in [0.25, 0.3) is 0 Å². The Morgan fingerprint density at radius 1 is 1.29 bits per heavy atom. The van der Waals surface area contributed by atoms with E-state index in [1.54, 1.807) is 0 Å². The summed E-state index contributed by atoms with van der Waals surface area (Å²) in [5.41, 5.74) is 0. The van der Waals surface area contributed by atoms with Crippen molar-refractivity contribution in [3.05, 3.63) is 0 Å². The van der Waals surface area contributed by atoms with E-state index in [0.717, 1.165) is 10.7 Å². The first-order chi connectivity index (χ1) is 6.74. The second-order valence-corrected chi connectivity index (χ2v) is 5.82. The lowest BCUT2D eigenvalue weighted by Gasteiger charge is -2.34. The largest absolute Gasteiger partial charge is 0.303 e. The number of unbranched alkanes of at least 4 members (excludes halogenated alkanes) is 3. The molecule has 0 aromatic heterocycles. The smallest absolute Gasteiger partial charge is 0.0195 e. The third-order valence-electron chi connectivity index (χ3n) is 3.21. The molecule has 0 aromatic rings. The van der Waals surface area contributed by atoms with Crippen LogP contribution < -0.4 is 0 Å². The highest BCUT2D eigenvalue weighted by atomic mass is 79.9. The number of rotatable bonds is 5. The van der Waals surface area contributed by atoms with Gasteiger partial charge in [0, 0.05) is 11.4 Å². The van der Waals surface area contributed by atoms with Crippen LogP contribution in [0.25, 0.3) is 0 Å². The summed E-state index contributed by atoms with van der Waals surface area (Å²) >= 11 is 3.75. The number of likely N-dealkylation sites (tertiary alicyclic amines) is 1. The molecule has 2 heteroatoms. The highest BCUT2D eigenvalue weighted by molar-refractivity contribution is 9.09. The van der Waals surface area contributed by atoms with Gasteiger partial charge in [-0.05, 0) is 31.8 Å². The molecule has 1 aliphatic heterocycles. The molecule has 1 nitrogen and oxygen atoms in total. The van der Waals surface area contributed by atoms with Crippen LogP contribution in [0.4, 0.5) is 0 Å². The summed E-state index contributed by atoms with van der Waals surface area (Å²) in [6.07, 6.45) is 6.89. The molecular formula is C12H24BrN. The van der Waals surface area contributed by atoms with E-state index in [2.05, 4.69) is 34.7 Å². The first-order valence-corrected chi connectivity index (χ1v) is 7.02. The van der Waals surface area contributed by atoms with E-state index in [1.807, 2.05) is 0 Å². The van der Waals surface area contributed by atoms with Gasteiger partial charge in [0.05, 0.1) is 0 Å². The van der Waals surface area contributed by atoms with Crippen molar-refractivity contribution >= 4 is 15.9 Å². The SMILES string of the molecule is CCCCCCN1CCC(Br)C(C)C1. The van der Waals surface area contributed by atoms with Crippen molar-refractivity contribution in [2.45, 2.75) is 50.8 Å².